The number of rotatable bonds is 9. The molecule has 1 aliphatic heterocycles. The molecule has 0 saturated carbocycles. The number of furan rings is 1. The molecule has 0 aromatic carbocycles. The summed E-state index contributed by atoms with van der Waals surface area (Å²) in [4.78, 5) is 4.67. The summed E-state index contributed by atoms with van der Waals surface area (Å²) >= 11 is 0. The minimum absolute atomic E-state index is 0.349. The van der Waals surface area contributed by atoms with E-state index in [1.165, 1.54) is 12.8 Å². The van der Waals surface area contributed by atoms with E-state index in [2.05, 4.69) is 36.1 Å². The molecule has 1 aliphatic rings. The molecule has 26 heavy (non-hydrogen) atoms. The van der Waals surface area contributed by atoms with Gasteiger partial charge in [0.05, 0.1) is 18.9 Å². The van der Waals surface area contributed by atoms with Gasteiger partial charge in [-0.05, 0) is 37.8 Å². The van der Waals surface area contributed by atoms with Gasteiger partial charge in [0.1, 0.15) is 5.76 Å². The Morgan fingerprint density at radius 2 is 2.19 bits per heavy atom. The molecule has 5 heteroatoms. The second-order valence-electron chi connectivity index (χ2n) is 7.23. The summed E-state index contributed by atoms with van der Waals surface area (Å²) in [5, 5.41) is 7.04. The van der Waals surface area contributed by atoms with E-state index >= 15 is 0 Å². The van der Waals surface area contributed by atoms with Gasteiger partial charge in [0.2, 0.25) is 0 Å². The molecule has 2 unspecified atom stereocenters. The van der Waals surface area contributed by atoms with Gasteiger partial charge < -0.3 is 19.8 Å². The first kappa shape index (κ1) is 20.6. The number of nitrogens with one attached hydrogen (secondary N) is 2. The van der Waals surface area contributed by atoms with Crippen molar-refractivity contribution in [1.29, 1.82) is 0 Å². The SMILES string of the molecule is C=C(C)CN=C(NCCc1ccco1)NC1CCOC(C(CC)CC)C1. The third kappa shape index (κ3) is 6.87. The largest absolute Gasteiger partial charge is 0.469 e. The standard InChI is InChI=1S/C21H35N3O2/c1-5-17(6-2)20-14-18(10-13-26-20)24-21(23-15-16(3)4)22-11-9-19-8-7-12-25-19/h7-8,12,17-18,20H,3,5-6,9-11,13-15H2,1-2,4H3,(H2,22,23,24). The van der Waals surface area contributed by atoms with E-state index in [4.69, 9.17) is 9.15 Å². The van der Waals surface area contributed by atoms with Crippen LogP contribution in [0.2, 0.25) is 0 Å². The molecule has 1 aromatic heterocycles. The first-order chi connectivity index (χ1) is 12.6. The second-order valence-corrected chi connectivity index (χ2v) is 7.23. The van der Waals surface area contributed by atoms with Crippen molar-refractivity contribution in [2.24, 2.45) is 10.9 Å². The van der Waals surface area contributed by atoms with E-state index < -0.39 is 0 Å². The highest BCUT2D eigenvalue weighted by molar-refractivity contribution is 5.80. The van der Waals surface area contributed by atoms with Gasteiger partial charge in [0.25, 0.3) is 0 Å². The average molecular weight is 362 g/mol. The Morgan fingerprint density at radius 3 is 2.85 bits per heavy atom. The van der Waals surface area contributed by atoms with Gasteiger partial charge in [0, 0.05) is 25.6 Å². The van der Waals surface area contributed by atoms with Crippen molar-refractivity contribution in [3.05, 3.63) is 36.3 Å². The van der Waals surface area contributed by atoms with Crippen molar-refractivity contribution in [1.82, 2.24) is 10.6 Å². The Bertz CT molecular complexity index is 550. The molecule has 2 atom stereocenters. The summed E-state index contributed by atoms with van der Waals surface area (Å²) in [6, 6.07) is 4.32. The van der Waals surface area contributed by atoms with Crippen LogP contribution in [0.1, 0.15) is 52.2 Å². The van der Waals surface area contributed by atoms with Crippen LogP contribution in [0.15, 0.2) is 40.0 Å². The maximum atomic E-state index is 6.04. The lowest BCUT2D eigenvalue weighted by atomic mass is 9.89. The number of hydrogen-bond donors (Lipinski definition) is 2. The van der Waals surface area contributed by atoms with E-state index in [1.54, 1.807) is 6.26 Å². The average Bonchev–Trinajstić information content (AvgIpc) is 3.14. The first-order valence-corrected chi connectivity index (χ1v) is 9.95. The quantitative estimate of drug-likeness (QED) is 0.398. The van der Waals surface area contributed by atoms with Crippen LogP contribution in [0.5, 0.6) is 0 Å². The third-order valence-corrected chi connectivity index (χ3v) is 4.98. The van der Waals surface area contributed by atoms with Gasteiger partial charge in [-0.1, -0.05) is 38.8 Å². The van der Waals surface area contributed by atoms with E-state index in [-0.39, 0.29) is 0 Å². The molecule has 0 bridgehead atoms. The highest BCUT2D eigenvalue weighted by Crippen LogP contribution is 2.25. The van der Waals surface area contributed by atoms with E-state index in [0.29, 0.717) is 24.6 Å². The van der Waals surface area contributed by atoms with E-state index in [0.717, 1.165) is 49.7 Å². The van der Waals surface area contributed by atoms with Crippen LogP contribution in [0, 0.1) is 5.92 Å². The molecule has 146 valence electrons. The zero-order valence-corrected chi connectivity index (χ0v) is 16.6. The van der Waals surface area contributed by atoms with Crippen LogP contribution in [0.4, 0.5) is 0 Å². The lowest BCUT2D eigenvalue weighted by Gasteiger charge is -2.35. The van der Waals surface area contributed by atoms with Gasteiger partial charge in [-0.2, -0.15) is 0 Å². The monoisotopic (exact) mass is 361 g/mol. The Labute approximate surface area is 158 Å². The van der Waals surface area contributed by atoms with Crippen LogP contribution in [0.3, 0.4) is 0 Å². The molecular formula is C21H35N3O2. The van der Waals surface area contributed by atoms with Crippen molar-refractivity contribution >= 4 is 5.96 Å². The maximum Gasteiger partial charge on any atom is 0.191 e. The Kier molecular flexibility index (Phi) is 8.75. The van der Waals surface area contributed by atoms with Crippen molar-refractivity contribution < 1.29 is 9.15 Å². The van der Waals surface area contributed by atoms with Crippen LogP contribution >= 0.6 is 0 Å². The molecule has 5 nitrogen and oxygen atoms in total. The highest BCUT2D eigenvalue weighted by atomic mass is 16.5. The lowest BCUT2D eigenvalue weighted by Crippen LogP contribution is -2.48. The number of guanidine groups is 1. The number of ether oxygens (including phenoxy) is 1. The zero-order valence-electron chi connectivity index (χ0n) is 16.6. The summed E-state index contributed by atoms with van der Waals surface area (Å²) in [5.41, 5.74) is 1.05. The number of nitrogens with zero attached hydrogens (tertiary/aromatic N) is 1. The van der Waals surface area contributed by atoms with Crippen LogP contribution in [0.25, 0.3) is 0 Å². The van der Waals surface area contributed by atoms with Crippen molar-refractivity contribution in [2.75, 3.05) is 19.7 Å². The summed E-state index contributed by atoms with van der Waals surface area (Å²) in [7, 11) is 0. The van der Waals surface area contributed by atoms with Gasteiger partial charge in [-0.3, -0.25) is 0 Å². The van der Waals surface area contributed by atoms with E-state index in [1.807, 2.05) is 19.1 Å². The van der Waals surface area contributed by atoms with Gasteiger partial charge in [-0.15, -0.1) is 0 Å². The van der Waals surface area contributed by atoms with Crippen LogP contribution in [-0.4, -0.2) is 37.8 Å². The predicted molar refractivity (Wildman–Crippen MR) is 108 cm³/mol. The normalized spacial score (nSPS) is 21.0. The van der Waals surface area contributed by atoms with Crippen LogP contribution in [-0.2, 0) is 11.2 Å². The molecule has 2 rings (SSSR count). The van der Waals surface area contributed by atoms with Gasteiger partial charge in [-0.25, -0.2) is 4.99 Å². The second kappa shape index (κ2) is 11.1. The van der Waals surface area contributed by atoms with E-state index in [9.17, 15) is 0 Å². The Hall–Kier alpha value is -1.75. The zero-order chi connectivity index (χ0) is 18.8. The summed E-state index contributed by atoms with van der Waals surface area (Å²) in [5.74, 6) is 2.48. The summed E-state index contributed by atoms with van der Waals surface area (Å²) in [6.07, 6.45) is 7.30. The molecular weight excluding hydrogens is 326 g/mol. The highest BCUT2D eigenvalue weighted by Gasteiger charge is 2.28. The molecule has 0 aliphatic carbocycles. The fraction of sp³-hybridized carbons (Fsp3) is 0.667. The molecule has 2 heterocycles. The Morgan fingerprint density at radius 1 is 1.38 bits per heavy atom. The molecule has 0 amide bonds. The molecule has 0 radical (unpaired) electrons. The summed E-state index contributed by atoms with van der Waals surface area (Å²) in [6.45, 7) is 12.7. The predicted octanol–water partition coefficient (Wildman–Crippen LogP) is 3.92. The number of hydrogen-bond acceptors (Lipinski definition) is 3. The lowest BCUT2D eigenvalue weighted by molar-refractivity contribution is -0.0324. The molecule has 0 spiro atoms. The molecule has 1 aromatic rings. The smallest absolute Gasteiger partial charge is 0.191 e. The molecule has 2 N–H and O–H groups in total. The first-order valence-electron chi connectivity index (χ1n) is 9.95. The molecule has 1 fully saturated rings. The number of aliphatic imine (C=N–C) groups is 1. The molecule has 1 saturated heterocycles. The third-order valence-electron chi connectivity index (χ3n) is 4.98. The maximum absolute atomic E-state index is 6.04. The summed E-state index contributed by atoms with van der Waals surface area (Å²) < 4.78 is 11.4. The van der Waals surface area contributed by atoms with Crippen molar-refractivity contribution in [2.45, 2.75) is 65.0 Å². The topological polar surface area (TPSA) is 58.8 Å². The Balaban J connectivity index is 1.89. The van der Waals surface area contributed by atoms with Gasteiger partial charge >= 0.3 is 0 Å². The van der Waals surface area contributed by atoms with Crippen LogP contribution < -0.4 is 10.6 Å². The minimum atomic E-state index is 0.349. The fourth-order valence-electron chi connectivity index (χ4n) is 3.42. The minimum Gasteiger partial charge on any atom is -0.469 e. The fourth-order valence-corrected chi connectivity index (χ4v) is 3.42. The van der Waals surface area contributed by atoms with Crippen molar-refractivity contribution in [3.8, 4) is 0 Å². The van der Waals surface area contributed by atoms with Gasteiger partial charge in [0.15, 0.2) is 5.96 Å². The van der Waals surface area contributed by atoms with Crippen molar-refractivity contribution in [3.63, 3.8) is 0 Å².